The first kappa shape index (κ1) is 12.1. The van der Waals surface area contributed by atoms with Gasteiger partial charge in [0, 0.05) is 32.7 Å². The van der Waals surface area contributed by atoms with Gasteiger partial charge in [0.2, 0.25) is 0 Å². The van der Waals surface area contributed by atoms with E-state index < -0.39 is 0 Å². The first-order valence-corrected chi connectivity index (χ1v) is 4.21. The van der Waals surface area contributed by atoms with Crippen molar-refractivity contribution in [2.75, 3.05) is 6.54 Å². The summed E-state index contributed by atoms with van der Waals surface area (Å²) in [5.41, 5.74) is 0. The van der Waals surface area contributed by atoms with Crippen LogP contribution >= 0.6 is 0 Å². The number of hydrogen-bond donors (Lipinski definition) is 1. The van der Waals surface area contributed by atoms with Gasteiger partial charge >= 0.3 is 0 Å². The molecule has 0 saturated carbocycles. The van der Waals surface area contributed by atoms with E-state index in [2.05, 4.69) is 25.6 Å². The van der Waals surface area contributed by atoms with Crippen LogP contribution in [0.1, 0.15) is 33.1 Å². The van der Waals surface area contributed by atoms with Crippen LogP contribution in [0.25, 0.3) is 0 Å². The fourth-order valence-electron chi connectivity index (χ4n) is 1.11. The molecular formula is C9H17NY-2. The van der Waals surface area contributed by atoms with Gasteiger partial charge in [0.1, 0.15) is 0 Å². The van der Waals surface area contributed by atoms with Crippen LogP contribution in [0.15, 0.2) is 0 Å². The van der Waals surface area contributed by atoms with Crippen LogP contribution in [0.3, 0.4) is 0 Å². The SMILES string of the molecule is CC(C)[CH-]CC[C-]1CCN1.[Y]. The van der Waals surface area contributed by atoms with E-state index in [4.69, 9.17) is 0 Å². The molecule has 0 bridgehead atoms. The smallest absolute Gasteiger partial charge is 0 e. The molecule has 63 valence electrons. The second kappa shape index (κ2) is 6.57. The molecule has 1 aliphatic rings. The van der Waals surface area contributed by atoms with Gasteiger partial charge in [-0.05, 0) is 0 Å². The Morgan fingerprint density at radius 3 is 2.55 bits per heavy atom. The van der Waals surface area contributed by atoms with Gasteiger partial charge in [-0.25, -0.2) is 6.42 Å². The zero-order chi connectivity index (χ0) is 7.40. The summed E-state index contributed by atoms with van der Waals surface area (Å²) in [6.07, 6.45) is 6.21. The van der Waals surface area contributed by atoms with Crippen molar-refractivity contribution in [1.82, 2.24) is 5.32 Å². The van der Waals surface area contributed by atoms with E-state index in [1.54, 1.807) is 6.04 Å². The third-order valence-corrected chi connectivity index (χ3v) is 1.89. The molecule has 1 radical (unpaired) electrons. The quantitative estimate of drug-likeness (QED) is 0.727. The third kappa shape index (κ3) is 5.33. The van der Waals surface area contributed by atoms with Crippen LogP contribution in [0.2, 0.25) is 0 Å². The molecule has 0 atom stereocenters. The van der Waals surface area contributed by atoms with Gasteiger partial charge in [0.15, 0.2) is 0 Å². The fourth-order valence-corrected chi connectivity index (χ4v) is 1.11. The molecule has 0 amide bonds. The van der Waals surface area contributed by atoms with Crippen molar-refractivity contribution in [3.05, 3.63) is 12.5 Å². The average molecular weight is 228 g/mol. The first-order chi connectivity index (χ1) is 4.79. The molecule has 1 aliphatic heterocycles. The van der Waals surface area contributed by atoms with Crippen LogP contribution in [0.5, 0.6) is 0 Å². The van der Waals surface area contributed by atoms with Crippen LogP contribution in [-0.2, 0) is 32.7 Å². The number of rotatable bonds is 4. The summed E-state index contributed by atoms with van der Waals surface area (Å²) in [6.45, 7) is 5.68. The standard InChI is InChI=1S/C9H17N.Y/c1-8(2)4-3-5-9-6-7-10-9;/h4,8,10H,3,5-7H2,1-2H3;/q-2;. The molecule has 1 fully saturated rings. The summed E-state index contributed by atoms with van der Waals surface area (Å²) in [5.74, 6) is 0.751. The average Bonchev–Trinajstić information content (AvgIpc) is 1.75. The molecule has 11 heavy (non-hydrogen) atoms. The fraction of sp³-hybridized carbons (Fsp3) is 0.778. The van der Waals surface area contributed by atoms with E-state index in [0.717, 1.165) is 5.92 Å². The molecular weight excluding hydrogens is 211 g/mol. The van der Waals surface area contributed by atoms with E-state index in [-0.39, 0.29) is 32.7 Å². The largest absolute Gasteiger partial charge is 0.469 e. The molecule has 1 nitrogen and oxygen atoms in total. The Balaban J connectivity index is 0.000001000. The van der Waals surface area contributed by atoms with Gasteiger partial charge in [-0.3, -0.25) is 6.04 Å². The molecule has 1 heterocycles. The summed E-state index contributed by atoms with van der Waals surface area (Å²) in [7, 11) is 0. The van der Waals surface area contributed by atoms with Crippen LogP contribution < -0.4 is 5.32 Å². The van der Waals surface area contributed by atoms with Gasteiger partial charge < -0.3 is 11.7 Å². The van der Waals surface area contributed by atoms with E-state index >= 15 is 0 Å². The molecule has 0 aromatic heterocycles. The van der Waals surface area contributed by atoms with Crippen molar-refractivity contribution < 1.29 is 32.7 Å². The van der Waals surface area contributed by atoms with Crippen molar-refractivity contribution in [3.63, 3.8) is 0 Å². The summed E-state index contributed by atoms with van der Waals surface area (Å²) < 4.78 is 0. The van der Waals surface area contributed by atoms with Gasteiger partial charge in [-0.15, -0.1) is 0 Å². The first-order valence-electron chi connectivity index (χ1n) is 4.21. The van der Waals surface area contributed by atoms with Crippen molar-refractivity contribution in [2.45, 2.75) is 33.1 Å². The minimum atomic E-state index is 0. The Morgan fingerprint density at radius 2 is 2.18 bits per heavy atom. The van der Waals surface area contributed by atoms with E-state index in [1.165, 1.54) is 25.8 Å². The summed E-state index contributed by atoms with van der Waals surface area (Å²) in [6, 6.07) is 1.55. The van der Waals surface area contributed by atoms with E-state index in [9.17, 15) is 0 Å². The van der Waals surface area contributed by atoms with Gasteiger partial charge in [0.25, 0.3) is 0 Å². The Kier molecular flexibility index (Phi) is 7.20. The minimum absolute atomic E-state index is 0. The maximum Gasteiger partial charge on any atom is 0 e. The molecule has 1 rings (SSSR count). The van der Waals surface area contributed by atoms with Crippen molar-refractivity contribution >= 4 is 0 Å². The third-order valence-electron chi connectivity index (χ3n) is 1.89. The van der Waals surface area contributed by atoms with Crippen molar-refractivity contribution in [3.8, 4) is 0 Å². The second-order valence-corrected chi connectivity index (χ2v) is 3.30. The van der Waals surface area contributed by atoms with Crippen molar-refractivity contribution in [2.24, 2.45) is 5.92 Å². The molecule has 0 aromatic rings. The van der Waals surface area contributed by atoms with E-state index in [1.807, 2.05) is 0 Å². The van der Waals surface area contributed by atoms with Crippen LogP contribution in [0, 0.1) is 18.4 Å². The van der Waals surface area contributed by atoms with Crippen LogP contribution in [0.4, 0.5) is 0 Å². The number of nitrogens with one attached hydrogen (secondary N) is 1. The zero-order valence-electron chi connectivity index (χ0n) is 7.56. The molecule has 0 unspecified atom stereocenters. The minimum Gasteiger partial charge on any atom is -0.469 e. The maximum atomic E-state index is 3.32. The molecule has 1 saturated heterocycles. The predicted octanol–water partition coefficient (Wildman–Crippen LogP) is 2.15. The summed E-state index contributed by atoms with van der Waals surface area (Å²) in [4.78, 5) is 0. The normalized spacial score (nSPS) is 17.7. The van der Waals surface area contributed by atoms with E-state index in [0.29, 0.717) is 0 Å². The summed E-state index contributed by atoms with van der Waals surface area (Å²) in [5, 5.41) is 3.32. The molecule has 0 aliphatic carbocycles. The van der Waals surface area contributed by atoms with Crippen LogP contribution in [-0.4, -0.2) is 6.54 Å². The van der Waals surface area contributed by atoms with Gasteiger partial charge in [-0.2, -0.15) is 18.8 Å². The van der Waals surface area contributed by atoms with Gasteiger partial charge in [-0.1, -0.05) is 20.4 Å². The second-order valence-electron chi connectivity index (χ2n) is 3.30. The zero-order valence-corrected chi connectivity index (χ0v) is 10.4. The topological polar surface area (TPSA) is 12.0 Å². The Bertz CT molecular complexity index is 89.6. The summed E-state index contributed by atoms with van der Waals surface area (Å²) >= 11 is 0. The Labute approximate surface area is 95.6 Å². The van der Waals surface area contributed by atoms with Gasteiger partial charge in [0.05, 0.1) is 0 Å². The molecule has 1 N–H and O–H groups in total. The molecule has 0 spiro atoms. The Hall–Kier alpha value is 1.06. The van der Waals surface area contributed by atoms with Crippen molar-refractivity contribution in [1.29, 1.82) is 0 Å². The predicted molar refractivity (Wildman–Crippen MR) is 44.2 cm³/mol. The monoisotopic (exact) mass is 228 g/mol. The Morgan fingerprint density at radius 1 is 1.55 bits per heavy atom. The molecule has 2 heteroatoms. The molecule has 0 aromatic carbocycles. The maximum absolute atomic E-state index is 3.32. The number of hydrogen-bond acceptors (Lipinski definition) is 1.